The van der Waals surface area contributed by atoms with Gasteiger partial charge in [-0.15, -0.1) is 10.2 Å². The normalized spacial score (nSPS) is 16.9. The second-order valence-electron chi connectivity index (χ2n) is 5.36. The van der Waals surface area contributed by atoms with Crippen molar-refractivity contribution in [3.63, 3.8) is 0 Å². The van der Waals surface area contributed by atoms with Gasteiger partial charge in [0.1, 0.15) is 11.6 Å². The van der Waals surface area contributed by atoms with E-state index >= 15 is 0 Å². The van der Waals surface area contributed by atoms with E-state index in [-0.39, 0.29) is 0 Å². The maximum atomic E-state index is 4.23. The van der Waals surface area contributed by atoms with Gasteiger partial charge in [-0.3, -0.25) is 9.58 Å². The molecule has 20 heavy (non-hydrogen) atoms. The van der Waals surface area contributed by atoms with Crippen LogP contribution in [0, 0.1) is 6.92 Å². The molecule has 2 aromatic heterocycles. The van der Waals surface area contributed by atoms with Crippen LogP contribution in [0.15, 0.2) is 12.4 Å². The van der Waals surface area contributed by atoms with Crippen LogP contribution < -0.4 is 4.90 Å². The minimum atomic E-state index is 0.873. The fourth-order valence-electron chi connectivity index (χ4n) is 2.52. The summed E-state index contributed by atoms with van der Waals surface area (Å²) in [5, 5.41) is 12.6. The van der Waals surface area contributed by atoms with E-state index in [0.29, 0.717) is 0 Å². The third-order valence-corrected chi connectivity index (χ3v) is 3.98. The molecule has 3 heterocycles. The highest BCUT2D eigenvalue weighted by molar-refractivity contribution is 5.42. The molecule has 0 aromatic carbocycles. The predicted octanol–water partition coefficient (Wildman–Crippen LogP) is 0.179. The average Bonchev–Trinajstić information content (AvgIpc) is 3.01. The zero-order valence-corrected chi connectivity index (χ0v) is 12.3. The standard InChI is InChI=1S/C13H21N7/c1-11-15-16-13(18(11)3)10-19-4-6-20(7-5-19)12-8-14-17(2)9-12/h8-9H,4-7,10H2,1-3H3. The van der Waals surface area contributed by atoms with Crippen molar-refractivity contribution in [3.8, 4) is 0 Å². The molecule has 0 bridgehead atoms. The van der Waals surface area contributed by atoms with Crippen LogP contribution in [0.2, 0.25) is 0 Å². The molecular weight excluding hydrogens is 254 g/mol. The number of hydrogen-bond donors (Lipinski definition) is 0. The van der Waals surface area contributed by atoms with E-state index in [1.807, 2.05) is 31.9 Å². The van der Waals surface area contributed by atoms with Crippen molar-refractivity contribution < 1.29 is 0 Å². The Bertz CT molecular complexity index is 577. The molecule has 0 N–H and O–H groups in total. The van der Waals surface area contributed by atoms with Gasteiger partial charge in [0.15, 0.2) is 0 Å². The molecule has 1 fully saturated rings. The second kappa shape index (κ2) is 5.24. The summed E-state index contributed by atoms with van der Waals surface area (Å²) in [5.41, 5.74) is 1.21. The van der Waals surface area contributed by atoms with Gasteiger partial charge in [-0.2, -0.15) is 5.10 Å². The first-order valence-corrected chi connectivity index (χ1v) is 6.94. The number of aromatic nitrogens is 5. The smallest absolute Gasteiger partial charge is 0.146 e. The molecule has 1 aliphatic rings. The summed E-state index contributed by atoms with van der Waals surface area (Å²) in [7, 11) is 3.98. The summed E-state index contributed by atoms with van der Waals surface area (Å²) < 4.78 is 3.91. The van der Waals surface area contributed by atoms with E-state index in [2.05, 4.69) is 35.9 Å². The van der Waals surface area contributed by atoms with Gasteiger partial charge in [0.05, 0.1) is 18.4 Å². The van der Waals surface area contributed by atoms with Crippen molar-refractivity contribution >= 4 is 5.69 Å². The van der Waals surface area contributed by atoms with Crippen molar-refractivity contribution in [2.24, 2.45) is 14.1 Å². The SMILES string of the molecule is Cc1nnc(CN2CCN(c3cnn(C)c3)CC2)n1C. The summed E-state index contributed by atoms with van der Waals surface area (Å²) in [6.07, 6.45) is 4.00. The average molecular weight is 275 g/mol. The Morgan fingerprint density at radius 1 is 1.10 bits per heavy atom. The minimum Gasteiger partial charge on any atom is -0.366 e. The third kappa shape index (κ3) is 2.53. The van der Waals surface area contributed by atoms with Gasteiger partial charge in [0.25, 0.3) is 0 Å². The lowest BCUT2D eigenvalue weighted by molar-refractivity contribution is 0.241. The second-order valence-corrected chi connectivity index (χ2v) is 5.36. The molecule has 1 saturated heterocycles. The van der Waals surface area contributed by atoms with Crippen LogP contribution in [0.3, 0.4) is 0 Å². The summed E-state index contributed by atoms with van der Waals surface area (Å²) in [6, 6.07) is 0. The molecule has 7 heteroatoms. The number of nitrogens with zero attached hydrogens (tertiary/aromatic N) is 7. The molecule has 0 saturated carbocycles. The van der Waals surface area contributed by atoms with Crippen LogP contribution in [0.5, 0.6) is 0 Å². The Morgan fingerprint density at radius 3 is 2.40 bits per heavy atom. The van der Waals surface area contributed by atoms with E-state index in [9.17, 15) is 0 Å². The van der Waals surface area contributed by atoms with Crippen molar-refractivity contribution in [2.75, 3.05) is 31.1 Å². The lowest BCUT2D eigenvalue weighted by Crippen LogP contribution is -2.46. The minimum absolute atomic E-state index is 0.873. The Kier molecular flexibility index (Phi) is 3.43. The van der Waals surface area contributed by atoms with E-state index in [1.54, 1.807) is 0 Å². The van der Waals surface area contributed by atoms with Crippen molar-refractivity contribution in [3.05, 3.63) is 24.0 Å². The number of anilines is 1. The van der Waals surface area contributed by atoms with Crippen molar-refractivity contribution in [1.82, 2.24) is 29.4 Å². The summed E-state index contributed by atoms with van der Waals surface area (Å²) in [4.78, 5) is 4.81. The van der Waals surface area contributed by atoms with Crippen LogP contribution in [0.4, 0.5) is 5.69 Å². The van der Waals surface area contributed by atoms with Crippen molar-refractivity contribution in [2.45, 2.75) is 13.5 Å². The van der Waals surface area contributed by atoms with Crippen LogP contribution in [0.25, 0.3) is 0 Å². The molecular formula is C13H21N7. The maximum absolute atomic E-state index is 4.23. The van der Waals surface area contributed by atoms with E-state index < -0.39 is 0 Å². The zero-order valence-electron chi connectivity index (χ0n) is 12.3. The fourth-order valence-corrected chi connectivity index (χ4v) is 2.52. The summed E-state index contributed by atoms with van der Waals surface area (Å²) in [5.74, 6) is 2.01. The summed E-state index contributed by atoms with van der Waals surface area (Å²) >= 11 is 0. The number of hydrogen-bond acceptors (Lipinski definition) is 5. The van der Waals surface area contributed by atoms with Gasteiger partial charge in [-0.05, 0) is 6.92 Å². The molecule has 0 aliphatic carbocycles. The van der Waals surface area contributed by atoms with Crippen LogP contribution in [-0.2, 0) is 20.6 Å². The van der Waals surface area contributed by atoms with Gasteiger partial charge in [0, 0.05) is 46.5 Å². The largest absolute Gasteiger partial charge is 0.366 e. The van der Waals surface area contributed by atoms with Gasteiger partial charge in [-0.1, -0.05) is 0 Å². The molecule has 2 aromatic rings. The van der Waals surface area contributed by atoms with Crippen molar-refractivity contribution in [1.29, 1.82) is 0 Å². The quantitative estimate of drug-likeness (QED) is 0.800. The Morgan fingerprint density at radius 2 is 1.85 bits per heavy atom. The number of piperazine rings is 1. The first kappa shape index (κ1) is 13.1. The number of aryl methyl sites for hydroxylation is 2. The van der Waals surface area contributed by atoms with Gasteiger partial charge >= 0.3 is 0 Å². The molecule has 0 amide bonds. The highest BCUT2D eigenvalue weighted by atomic mass is 15.3. The molecule has 0 spiro atoms. The van der Waals surface area contributed by atoms with E-state index in [4.69, 9.17) is 0 Å². The highest BCUT2D eigenvalue weighted by Crippen LogP contribution is 2.15. The molecule has 7 nitrogen and oxygen atoms in total. The van der Waals surface area contributed by atoms with Crippen LogP contribution >= 0.6 is 0 Å². The Hall–Kier alpha value is -1.89. The fraction of sp³-hybridized carbons (Fsp3) is 0.615. The topological polar surface area (TPSA) is 55.0 Å². The van der Waals surface area contributed by atoms with Crippen LogP contribution in [-0.4, -0.2) is 55.6 Å². The van der Waals surface area contributed by atoms with E-state index in [1.165, 1.54) is 5.69 Å². The molecule has 3 rings (SSSR count). The Labute approximate surface area is 118 Å². The summed E-state index contributed by atoms with van der Waals surface area (Å²) in [6.45, 7) is 7.00. The molecule has 108 valence electrons. The molecule has 0 unspecified atom stereocenters. The van der Waals surface area contributed by atoms with Gasteiger partial charge < -0.3 is 9.47 Å². The monoisotopic (exact) mass is 275 g/mol. The third-order valence-electron chi connectivity index (χ3n) is 3.98. The number of rotatable bonds is 3. The first-order valence-electron chi connectivity index (χ1n) is 6.94. The lowest BCUT2D eigenvalue weighted by Gasteiger charge is -2.34. The molecule has 0 atom stereocenters. The Balaban J connectivity index is 1.57. The first-order chi connectivity index (χ1) is 9.63. The molecule has 1 aliphatic heterocycles. The van der Waals surface area contributed by atoms with Gasteiger partial charge in [-0.25, -0.2) is 0 Å². The van der Waals surface area contributed by atoms with Gasteiger partial charge in [0.2, 0.25) is 0 Å². The maximum Gasteiger partial charge on any atom is 0.146 e. The molecule has 0 radical (unpaired) electrons. The van der Waals surface area contributed by atoms with E-state index in [0.717, 1.165) is 44.4 Å². The lowest BCUT2D eigenvalue weighted by atomic mass is 10.3. The van der Waals surface area contributed by atoms with Crippen LogP contribution in [0.1, 0.15) is 11.6 Å². The predicted molar refractivity (Wildman–Crippen MR) is 76.4 cm³/mol. The zero-order chi connectivity index (χ0) is 14.1. The highest BCUT2D eigenvalue weighted by Gasteiger charge is 2.19.